The summed E-state index contributed by atoms with van der Waals surface area (Å²) in [5, 5.41) is 3.01. The maximum absolute atomic E-state index is 13.6. The Bertz CT molecular complexity index is 447. The van der Waals surface area contributed by atoms with Crippen molar-refractivity contribution < 1.29 is 9.18 Å². The molecule has 1 aromatic rings. The van der Waals surface area contributed by atoms with Gasteiger partial charge in [0.1, 0.15) is 5.82 Å². The molecule has 1 aromatic carbocycles. The number of likely N-dealkylation sites (tertiary alicyclic amines) is 1. The minimum Gasteiger partial charge on any atom is -0.342 e. The molecule has 19 heavy (non-hydrogen) atoms. The molecule has 1 fully saturated rings. The SMILES string of the molecule is O=C(CNCc1ccc(Br)cc1F)N1CCCCC1. The summed E-state index contributed by atoms with van der Waals surface area (Å²) in [7, 11) is 0. The first-order valence-corrected chi connectivity index (χ1v) is 7.38. The number of hydrogen-bond donors (Lipinski definition) is 1. The maximum Gasteiger partial charge on any atom is 0.236 e. The van der Waals surface area contributed by atoms with Crippen LogP contribution in [0, 0.1) is 5.82 Å². The molecule has 1 amide bonds. The molecule has 1 aliphatic heterocycles. The average molecular weight is 329 g/mol. The van der Waals surface area contributed by atoms with Crippen LogP contribution in [0.15, 0.2) is 22.7 Å². The Kier molecular flexibility index (Phi) is 5.34. The van der Waals surface area contributed by atoms with Crippen LogP contribution in [0.2, 0.25) is 0 Å². The lowest BCUT2D eigenvalue weighted by Crippen LogP contribution is -2.41. The van der Waals surface area contributed by atoms with Crippen molar-refractivity contribution in [3.63, 3.8) is 0 Å². The van der Waals surface area contributed by atoms with Gasteiger partial charge in [0, 0.05) is 29.7 Å². The molecule has 5 heteroatoms. The average Bonchev–Trinajstić information content (AvgIpc) is 2.42. The molecule has 104 valence electrons. The third kappa shape index (κ3) is 4.28. The largest absolute Gasteiger partial charge is 0.342 e. The molecular weight excluding hydrogens is 311 g/mol. The van der Waals surface area contributed by atoms with Crippen molar-refractivity contribution in [2.45, 2.75) is 25.8 Å². The number of piperidine rings is 1. The Hall–Kier alpha value is -0.940. The van der Waals surface area contributed by atoms with E-state index in [0.717, 1.165) is 30.4 Å². The van der Waals surface area contributed by atoms with E-state index >= 15 is 0 Å². The summed E-state index contributed by atoms with van der Waals surface area (Å²) in [5.41, 5.74) is 0.578. The monoisotopic (exact) mass is 328 g/mol. The van der Waals surface area contributed by atoms with Crippen LogP contribution in [-0.4, -0.2) is 30.4 Å². The standard InChI is InChI=1S/C14H18BrFN2O/c15-12-5-4-11(13(16)8-12)9-17-10-14(19)18-6-2-1-3-7-18/h4-5,8,17H,1-3,6-7,9-10H2. The zero-order valence-corrected chi connectivity index (χ0v) is 12.4. The van der Waals surface area contributed by atoms with Gasteiger partial charge in [-0.15, -0.1) is 0 Å². The molecule has 0 radical (unpaired) electrons. The lowest BCUT2D eigenvalue weighted by atomic mass is 10.1. The van der Waals surface area contributed by atoms with Gasteiger partial charge in [0.05, 0.1) is 6.54 Å². The van der Waals surface area contributed by atoms with Crippen molar-refractivity contribution in [2.24, 2.45) is 0 Å². The second-order valence-electron chi connectivity index (χ2n) is 4.78. The summed E-state index contributed by atoms with van der Waals surface area (Å²) in [6.07, 6.45) is 3.39. The summed E-state index contributed by atoms with van der Waals surface area (Å²) < 4.78 is 14.3. The number of nitrogens with one attached hydrogen (secondary N) is 1. The van der Waals surface area contributed by atoms with Gasteiger partial charge in [-0.1, -0.05) is 22.0 Å². The van der Waals surface area contributed by atoms with E-state index in [2.05, 4.69) is 21.2 Å². The van der Waals surface area contributed by atoms with Crippen LogP contribution in [0.5, 0.6) is 0 Å². The fraction of sp³-hybridized carbons (Fsp3) is 0.500. The molecule has 0 unspecified atom stereocenters. The van der Waals surface area contributed by atoms with Crippen LogP contribution < -0.4 is 5.32 Å². The van der Waals surface area contributed by atoms with Gasteiger partial charge >= 0.3 is 0 Å². The van der Waals surface area contributed by atoms with Crippen molar-refractivity contribution in [3.05, 3.63) is 34.1 Å². The molecule has 2 rings (SSSR count). The number of rotatable bonds is 4. The molecule has 1 saturated heterocycles. The highest BCUT2D eigenvalue weighted by Gasteiger charge is 2.15. The van der Waals surface area contributed by atoms with Crippen LogP contribution in [0.1, 0.15) is 24.8 Å². The lowest BCUT2D eigenvalue weighted by Gasteiger charge is -2.26. The van der Waals surface area contributed by atoms with Gasteiger partial charge in [-0.2, -0.15) is 0 Å². The van der Waals surface area contributed by atoms with Gasteiger partial charge in [-0.05, 0) is 31.4 Å². The topological polar surface area (TPSA) is 32.3 Å². The van der Waals surface area contributed by atoms with Crippen molar-refractivity contribution in [1.29, 1.82) is 0 Å². The molecule has 3 nitrogen and oxygen atoms in total. The van der Waals surface area contributed by atoms with Crippen LogP contribution >= 0.6 is 15.9 Å². The summed E-state index contributed by atoms with van der Waals surface area (Å²) in [6.45, 7) is 2.36. The summed E-state index contributed by atoms with van der Waals surface area (Å²) >= 11 is 3.22. The van der Waals surface area contributed by atoms with Gasteiger partial charge in [-0.25, -0.2) is 4.39 Å². The van der Waals surface area contributed by atoms with Crippen molar-refractivity contribution in [2.75, 3.05) is 19.6 Å². The van der Waals surface area contributed by atoms with E-state index in [1.54, 1.807) is 12.1 Å². The van der Waals surface area contributed by atoms with E-state index in [1.807, 2.05) is 4.90 Å². The van der Waals surface area contributed by atoms with E-state index in [9.17, 15) is 9.18 Å². The second-order valence-corrected chi connectivity index (χ2v) is 5.70. The van der Waals surface area contributed by atoms with Gasteiger partial charge in [0.15, 0.2) is 0 Å². The maximum atomic E-state index is 13.6. The Labute approximate surface area is 121 Å². The first-order chi connectivity index (χ1) is 9.16. The molecule has 0 spiro atoms. The van der Waals surface area contributed by atoms with Crippen LogP contribution in [-0.2, 0) is 11.3 Å². The first kappa shape index (κ1) is 14.5. The summed E-state index contributed by atoms with van der Waals surface area (Å²) in [5.74, 6) is -0.149. The fourth-order valence-electron chi connectivity index (χ4n) is 2.22. The number of benzene rings is 1. The highest BCUT2D eigenvalue weighted by Crippen LogP contribution is 2.15. The quantitative estimate of drug-likeness (QED) is 0.921. The zero-order valence-electron chi connectivity index (χ0n) is 10.8. The number of nitrogens with zero attached hydrogens (tertiary/aromatic N) is 1. The molecule has 0 aromatic heterocycles. The third-order valence-electron chi connectivity index (χ3n) is 3.32. The normalized spacial score (nSPS) is 15.6. The third-order valence-corrected chi connectivity index (χ3v) is 3.81. The fourth-order valence-corrected chi connectivity index (χ4v) is 2.56. The Balaban J connectivity index is 1.78. The van der Waals surface area contributed by atoms with Crippen LogP contribution in [0.25, 0.3) is 0 Å². The smallest absolute Gasteiger partial charge is 0.236 e. The zero-order chi connectivity index (χ0) is 13.7. The number of carbonyl (C=O) groups is 1. The van der Waals surface area contributed by atoms with Gasteiger partial charge in [-0.3, -0.25) is 4.79 Å². The minimum absolute atomic E-state index is 0.109. The van der Waals surface area contributed by atoms with Crippen molar-refractivity contribution in [1.82, 2.24) is 10.2 Å². The van der Waals surface area contributed by atoms with Gasteiger partial charge < -0.3 is 10.2 Å². The Morgan fingerprint density at radius 2 is 2.05 bits per heavy atom. The minimum atomic E-state index is -0.257. The van der Waals surface area contributed by atoms with Crippen LogP contribution in [0.4, 0.5) is 4.39 Å². The number of amides is 1. The van der Waals surface area contributed by atoms with E-state index in [-0.39, 0.29) is 18.3 Å². The molecule has 0 atom stereocenters. The molecule has 1 heterocycles. The van der Waals surface area contributed by atoms with Crippen molar-refractivity contribution in [3.8, 4) is 0 Å². The summed E-state index contributed by atoms with van der Waals surface area (Å²) in [6, 6.07) is 4.95. The predicted molar refractivity (Wildman–Crippen MR) is 76.2 cm³/mol. The molecule has 0 bridgehead atoms. The Morgan fingerprint density at radius 3 is 2.74 bits per heavy atom. The van der Waals surface area contributed by atoms with E-state index in [1.165, 1.54) is 12.5 Å². The highest BCUT2D eigenvalue weighted by molar-refractivity contribution is 9.10. The summed E-state index contributed by atoms with van der Waals surface area (Å²) in [4.78, 5) is 13.8. The number of halogens is 2. The second kappa shape index (κ2) is 7.01. The predicted octanol–water partition coefficient (Wildman–Crippen LogP) is 2.69. The molecule has 1 N–H and O–H groups in total. The molecule has 0 saturated carbocycles. The van der Waals surface area contributed by atoms with Crippen LogP contribution in [0.3, 0.4) is 0 Å². The van der Waals surface area contributed by atoms with Crippen molar-refractivity contribution >= 4 is 21.8 Å². The molecule has 0 aliphatic carbocycles. The number of carbonyl (C=O) groups excluding carboxylic acids is 1. The van der Waals surface area contributed by atoms with Gasteiger partial charge in [0.2, 0.25) is 5.91 Å². The molecule has 1 aliphatic rings. The van der Waals surface area contributed by atoms with E-state index < -0.39 is 0 Å². The highest BCUT2D eigenvalue weighted by atomic mass is 79.9. The van der Waals surface area contributed by atoms with E-state index in [4.69, 9.17) is 0 Å². The first-order valence-electron chi connectivity index (χ1n) is 6.59. The van der Waals surface area contributed by atoms with E-state index in [0.29, 0.717) is 12.1 Å². The van der Waals surface area contributed by atoms with Gasteiger partial charge in [0.25, 0.3) is 0 Å². The lowest BCUT2D eigenvalue weighted by molar-refractivity contribution is -0.131. The Morgan fingerprint density at radius 1 is 1.32 bits per heavy atom. The number of hydrogen-bond acceptors (Lipinski definition) is 2. The molecular formula is C14H18BrFN2O.